The standard InChI is InChI=1S/C56H45N/c1-34-16-14-21-43-52-48(55(4,5)53(34)43)26-15-27-51(52)57(35-28-30-41-37-17-6-10-22-44(37)54(2,3)49(41)32-35)36-29-31-42-40-20-9-13-25-47(40)56(50(42)33-36)45-23-11-7-18-38(45)39-19-8-12-24-46(39)56/h6-15,17-34H,16H2,1-5H3. The molecule has 0 saturated carbocycles. The van der Waals surface area contributed by atoms with Gasteiger partial charge in [0.2, 0.25) is 0 Å². The van der Waals surface area contributed by atoms with Crippen molar-refractivity contribution < 1.29 is 0 Å². The van der Waals surface area contributed by atoms with Gasteiger partial charge in [-0.3, -0.25) is 0 Å². The largest absolute Gasteiger partial charge is 0.310 e. The average molecular weight is 732 g/mol. The Morgan fingerprint density at radius 3 is 1.53 bits per heavy atom. The average Bonchev–Trinajstić information content (AvgIpc) is 3.87. The molecule has 1 spiro atoms. The Labute approximate surface area is 336 Å². The van der Waals surface area contributed by atoms with E-state index in [4.69, 9.17) is 0 Å². The lowest BCUT2D eigenvalue weighted by Gasteiger charge is -2.33. The SMILES string of the molecule is CC1CC=CC2=C1C(C)(C)c1cccc(N(c3ccc4c(c3)C(C)(C)c3ccccc3-4)c3ccc4c(c3)C3(c5ccccc5-c5ccccc53)c3ccccc3-4)c12. The Morgan fingerprint density at radius 1 is 0.456 bits per heavy atom. The minimum absolute atomic E-state index is 0.0565. The molecule has 5 aliphatic rings. The number of rotatable bonds is 3. The van der Waals surface area contributed by atoms with Crippen LogP contribution in [0.5, 0.6) is 0 Å². The Kier molecular flexibility index (Phi) is 6.50. The third-order valence-corrected chi connectivity index (χ3v) is 14.5. The molecule has 0 heterocycles. The first-order valence-corrected chi connectivity index (χ1v) is 20.8. The predicted octanol–water partition coefficient (Wildman–Crippen LogP) is 14.4. The highest BCUT2D eigenvalue weighted by atomic mass is 15.1. The molecule has 0 aliphatic heterocycles. The van der Waals surface area contributed by atoms with Crippen molar-refractivity contribution >= 4 is 22.6 Å². The molecular weight excluding hydrogens is 687 g/mol. The maximum absolute atomic E-state index is 2.60. The second kappa shape index (κ2) is 11.2. The quantitative estimate of drug-likeness (QED) is 0.175. The van der Waals surface area contributed by atoms with Crippen LogP contribution in [0, 0.1) is 5.92 Å². The predicted molar refractivity (Wildman–Crippen MR) is 238 cm³/mol. The third kappa shape index (κ3) is 4.05. The molecule has 0 saturated heterocycles. The highest BCUT2D eigenvalue weighted by molar-refractivity contribution is 5.99. The van der Waals surface area contributed by atoms with E-state index in [9.17, 15) is 0 Å². The normalized spacial score (nSPS) is 18.6. The molecule has 0 bridgehead atoms. The van der Waals surface area contributed by atoms with Crippen LogP contribution in [0.1, 0.15) is 85.5 Å². The van der Waals surface area contributed by atoms with E-state index in [1.807, 2.05) is 0 Å². The van der Waals surface area contributed by atoms with E-state index in [1.54, 1.807) is 5.57 Å². The van der Waals surface area contributed by atoms with Crippen LogP contribution in [0.4, 0.5) is 17.1 Å². The first-order valence-electron chi connectivity index (χ1n) is 20.8. The van der Waals surface area contributed by atoms with Crippen LogP contribution in [-0.2, 0) is 16.2 Å². The van der Waals surface area contributed by atoms with Crippen LogP contribution >= 0.6 is 0 Å². The van der Waals surface area contributed by atoms with Crippen LogP contribution in [0.2, 0.25) is 0 Å². The van der Waals surface area contributed by atoms with Crippen LogP contribution < -0.4 is 4.90 Å². The Morgan fingerprint density at radius 2 is 0.930 bits per heavy atom. The number of anilines is 3. The van der Waals surface area contributed by atoms with E-state index >= 15 is 0 Å². The van der Waals surface area contributed by atoms with Crippen molar-refractivity contribution in [1.82, 2.24) is 0 Å². The van der Waals surface area contributed by atoms with E-state index in [2.05, 4.69) is 203 Å². The lowest BCUT2D eigenvalue weighted by Crippen LogP contribution is -2.26. The smallest absolute Gasteiger partial charge is 0.0726 e. The van der Waals surface area contributed by atoms with Crippen molar-refractivity contribution in [2.24, 2.45) is 5.92 Å². The monoisotopic (exact) mass is 731 g/mol. The lowest BCUT2D eigenvalue weighted by molar-refractivity contribution is 0.530. The first kappa shape index (κ1) is 33.0. The zero-order valence-electron chi connectivity index (χ0n) is 33.3. The highest BCUT2D eigenvalue weighted by Crippen LogP contribution is 2.64. The molecule has 0 radical (unpaired) electrons. The molecule has 1 unspecified atom stereocenters. The Hall–Kier alpha value is -6.18. The molecule has 57 heavy (non-hydrogen) atoms. The topological polar surface area (TPSA) is 3.24 Å². The van der Waals surface area contributed by atoms with Gasteiger partial charge in [0.25, 0.3) is 0 Å². The van der Waals surface area contributed by atoms with Gasteiger partial charge in [-0.1, -0.05) is 168 Å². The van der Waals surface area contributed by atoms with Gasteiger partial charge in [-0.15, -0.1) is 0 Å². The van der Waals surface area contributed by atoms with Crippen molar-refractivity contribution in [3.63, 3.8) is 0 Å². The molecule has 0 aromatic heterocycles. The molecule has 274 valence electrons. The second-order valence-corrected chi connectivity index (χ2v) is 18.0. The van der Waals surface area contributed by atoms with Gasteiger partial charge in [-0.05, 0) is 126 Å². The van der Waals surface area contributed by atoms with Crippen LogP contribution in [0.15, 0.2) is 169 Å². The van der Waals surface area contributed by atoms with Crippen molar-refractivity contribution in [1.29, 1.82) is 0 Å². The van der Waals surface area contributed by atoms with Crippen LogP contribution in [0.25, 0.3) is 39.0 Å². The molecule has 7 aromatic carbocycles. The van der Waals surface area contributed by atoms with Gasteiger partial charge in [-0.25, -0.2) is 0 Å². The summed E-state index contributed by atoms with van der Waals surface area (Å²) >= 11 is 0. The zero-order chi connectivity index (χ0) is 38.4. The molecule has 1 heteroatoms. The zero-order valence-corrected chi connectivity index (χ0v) is 33.3. The van der Waals surface area contributed by atoms with Crippen LogP contribution in [0.3, 0.4) is 0 Å². The summed E-state index contributed by atoms with van der Waals surface area (Å²) in [7, 11) is 0. The summed E-state index contributed by atoms with van der Waals surface area (Å²) in [6.07, 6.45) is 5.91. The molecule has 12 rings (SSSR count). The van der Waals surface area contributed by atoms with Gasteiger partial charge in [-0.2, -0.15) is 0 Å². The van der Waals surface area contributed by atoms with Crippen molar-refractivity contribution in [3.8, 4) is 33.4 Å². The summed E-state index contributed by atoms with van der Waals surface area (Å²) < 4.78 is 0. The van der Waals surface area contributed by atoms with E-state index in [0.717, 1.165) is 6.42 Å². The maximum atomic E-state index is 2.60. The number of fused-ring (bicyclic) bond motifs is 15. The van der Waals surface area contributed by atoms with E-state index in [0.29, 0.717) is 5.92 Å². The van der Waals surface area contributed by atoms with Gasteiger partial charge in [0.15, 0.2) is 0 Å². The lowest BCUT2D eigenvalue weighted by atomic mass is 9.70. The van der Waals surface area contributed by atoms with Crippen molar-refractivity contribution in [3.05, 3.63) is 214 Å². The number of hydrogen-bond acceptors (Lipinski definition) is 1. The van der Waals surface area contributed by atoms with Gasteiger partial charge >= 0.3 is 0 Å². The van der Waals surface area contributed by atoms with Crippen molar-refractivity contribution in [2.45, 2.75) is 57.3 Å². The third-order valence-electron chi connectivity index (χ3n) is 14.5. The van der Waals surface area contributed by atoms with Gasteiger partial charge in [0, 0.05) is 27.8 Å². The second-order valence-electron chi connectivity index (χ2n) is 18.0. The van der Waals surface area contributed by atoms with E-state index < -0.39 is 5.41 Å². The molecule has 1 nitrogen and oxygen atoms in total. The fourth-order valence-electron chi connectivity index (χ4n) is 12.2. The highest BCUT2D eigenvalue weighted by Gasteiger charge is 2.52. The molecule has 7 aromatic rings. The summed E-state index contributed by atoms with van der Waals surface area (Å²) in [6, 6.07) is 58.1. The summed E-state index contributed by atoms with van der Waals surface area (Å²) in [6.45, 7) is 12.1. The molecular formula is C56H45N. The molecule has 0 fully saturated rings. The summed E-state index contributed by atoms with van der Waals surface area (Å²) in [5, 5.41) is 0. The molecule has 0 amide bonds. The minimum atomic E-state index is -0.416. The summed E-state index contributed by atoms with van der Waals surface area (Å²) in [5.41, 5.74) is 25.1. The van der Waals surface area contributed by atoms with E-state index in [-0.39, 0.29) is 10.8 Å². The summed E-state index contributed by atoms with van der Waals surface area (Å²) in [5.74, 6) is 0.494. The van der Waals surface area contributed by atoms with Crippen molar-refractivity contribution in [2.75, 3.05) is 4.90 Å². The number of benzene rings is 7. The minimum Gasteiger partial charge on any atom is -0.310 e. The van der Waals surface area contributed by atoms with Gasteiger partial charge < -0.3 is 4.90 Å². The number of nitrogens with zero attached hydrogens (tertiary/aromatic N) is 1. The van der Waals surface area contributed by atoms with E-state index in [1.165, 1.54) is 101 Å². The molecule has 0 N–H and O–H groups in total. The van der Waals surface area contributed by atoms with Gasteiger partial charge in [0.1, 0.15) is 0 Å². The maximum Gasteiger partial charge on any atom is 0.0726 e. The fraction of sp³-hybridized carbons (Fsp3) is 0.179. The molecule has 1 atom stereocenters. The first-order chi connectivity index (χ1) is 27.7. The van der Waals surface area contributed by atoms with Gasteiger partial charge in [0.05, 0.1) is 11.1 Å². The summed E-state index contributed by atoms with van der Waals surface area (Å²) in [4.78, 5) is 2.60. The Balaban J connectivity index is 1.16. The number of hydrogen-bond donors (Lipinski definition) is 0. The van der Waals surface area contributed by atoms with Crippen LogP contribution in [-0.4, -0.2) is 0 Å². The number of allylic oxidation sites excluding steroid dienone is 4. The molecule has 5 aliphatic carbocycles. The fourth-order valence-corrected chi connectivity index (χ4v) is 12.2. The Bertz CT molecular complexity index is 2900.